The first kappa shape index (κ1) is 94.1. The molecule has 0 fully saturated rings. The summed E-state index contributed by atoms with van der Waals surface area (Å²) >= 11 is 0. The smallest absolute Gasteiger partial charge is 0.462 e. The Morgan fingerprint density at radius 3 is 0.792 bits per heavy atom. The summed E-state index contributed by atoms with van der Waals surface area (Å²) in [6.45, 7) is 9.54. The van der Waals surface area contributed by atoms with Crippen molar-refractivity contribution >= 4 is 39.5 Å². The Labute approximate surface area is 588 Å². The Morgan fingerprint density at radius 2 is 0.531 bits per heavy atom. The van der Waals surface area contributed by atoms with Crippen LogP contribution in [0.5, 0.6) is 0 Å². The second kappa shape index (κ2) is 68.8. The van der Waals surface area contributed by atoms with Gasteiger partial charge in [0.05, 0.1) is 26.4 Å². The first-order chi connectivity index (χ1) is 46.4. The molecule has 3 unspecified atom stereocenters. The summed E-state index contributed by atoms with van der Waals surface area (Å²) in [5.41, 5.74) is 0. The Bertz CT molecular complexity index is 1860. The third kappa shape index (κ3) is 69.2. The highest BCUT2D eigenvalue weighted by molar-refractivity contribution is 7.47. The van der Waals surface area contributed by atoms with E-state index in [2.05, 4.69) is 41.5 Å². The van der Waals surface area contributed by atoms with Gasteiger partial charge in [0.25, 0.3) is 0 Å². The number of aliphatic hydroxyl groups is 1. The van der Waals surface area contributed by atoms with Gasteiger partial charge in [-0.15, -0.1) is 0 Å². The number of esters is 4. The van der Waals surface area contributed by atoms with E-state index in [-0.39, 0.29) is 25.7 Å². The van der Waals surface area contributed by atoms with E-state index in [1.165, 1.54) is 205 Å². The van der Waals surface area contributed by atoms with Gasteiger partial charge in [-0.2, -0.15) is 0 Å². The SMILES string of the molecule is CCCCCCCCCCCCCCCCCCCCCCCC(=O)O[C@H](COC(=O)CCCCCCCCCCCCCCCCC(C)CC)COP(=O)(O)OC[C@@H](O)COP(=O)(O)OC[C@@H](COC(=O)CCCCCCCCC)OC(=O)CCCCCCCCCC(C)C. The zero-order valence-corrected chi connectivity index (χ0v) is 64.5. The van der Waals surface area contributed by atoms with Gasteiger partial charge in [-0.05, 0) is 37.5 Å². The zero-order valence-electron chi connectivity index (χ0n) is 62.7. The topological polar surface area (TPSA) is 237 Å². The molecule has 19 heteroatoms. The highest BCUT2D eigenvalue weighted by atomic mass is 31.2. The lowest BCUT2D eigenvalue weighted by atomic mass is 9.99. The summed E-state index contributed by atoms with van der Waals surface area (Å²) in [6, 6.07) is 0. The van der Waals surface area contributed by atoms with Crippen molar-refractivity contribution in [2.24, 2.45) is 11.8 Å². The van der Waals surface area contributed by atoms with Crippen LogP contribution in [0.15, 0.2) is 0 Å². The maximum Gasteiger partial charge on any atom is 0.472 e. The van der Waals surface area contributed by atoms with Crippen molar-refractivity contribution in [3.8, 4) is 0 Å². The number of hydrogen-bond acceptors (Lipinski definition) is 15. The van der Waals surface area contributed by atoms with E-state index >= 15 is 0 Å². The minimum atomic E-state index is -4.96. The lowest BCUT2D eigenvalue weighted by molar-refractivity contribution is -0.161. The molecule has 0 aromatic heterocycles. The van der Waals surface area contributed by atoms with Crippen molar-refractivity contribution in [1.82, 2.24) is 0 Å². The number of unbranched alkanes of at least 4 members (excludes halogenated alkanes) is 45. The van der Waals surface area contributed by atoms with Gasteiger partial charge in [0.2, 0.25) is 0 Å². The monoisotopic (exact) mass is 1410 g/mol. The summed E-state index contributed by atoms with van der Waals surface area (Å²) in [5.74, 6) is -0.577. The van der Waals surface area contributed by atoms with Gasteiger partial charge in [-0.3, -0.25) is 37.3 Å². The van der Waals surface area contributed by atoms with Gasteiger partial charge in [-0.1, -0.05) is 350 Å². The van der Waals surface area contributed by atoms with Crippen LogP contribution < -0.4 is 0 Å². The van der Waals surface area contributed by atoms with Crippen LogP contribution in [0.2, 0.25) is 0 Å². The van der Waals surface area contributed by atoms with Crippen molar-refractivity contribution in [2.45, 2.75) is 419 Å². The molecule has 0 aliphatic heterocycles. The number of ether oxygens (including phenoxy) is 4. The van der Waals surface area contributed by atoms with Gasteiger partial charge in [0, 0.05) is 25.7 Å². The largest absolute Gasteiger partial charge is 0.472 e. The summed E-state index contributed by atoms with van der Waals surface area (Å²) in [5, 5.41) is 10.6. The summed E-state index contributed by atoms with van der Waals surface area (Å²) in [7, 11) is -9.90. The molecule has 0 radical (unpaired) electrons. The molecule has 0 rings (SSSR count). The van der Waals surface area contributed by atoms with Gasteiger partial charge >= 0.3 is 39.5 Å². The average Bonchev–Trinajstić information content (AvgIpc) is 1.61. The number of carbonyl (C=O) groups is 4. The molecule has 0 spiro atoms. The number of phosphoric ester groups is 2. The minimum absolute atomic E-state index is 0.103. The standard InChI is InChI=1S/C77H150O17P2/c1-7-10-12-14-16-17-18-19-20-21-22-23-24-25-26-31-34-37-43-49-55-61-76(81)93-73(66-88-75(80)60-54-48-42-36-33-30-28-27-29-32-35-41-46-52-58-70(6)9-3)68-92-96(85,86)90-64-71(78)63-89-95(83,84)91-67-72(65-87-74(79)59-53-47-39-15-13-11-8-2)94-77(82)62-56-50-44-38-40-45-51-57-69(4)5/h69-73,78H,7-68H2,1-6H3,(H,83,84)(H,85,86)/t70?,71-,72+,73+/m0/s1. The molecule has 17 nitrogen and oxygen atoms in total. The molecule has 0 aromatic carbocycles. The normalized spacial score (nSPS) is 14.3. The van der Waals surface area contributed by atoms with E-state index in [0.717, 1.165) is 109 Å². The third-order valence-electron chi connectivity index (χ3n) is 18.3. The lowest BCUT2D eigenvalue weighted by Gasteiger charge is -2.21. The van der Waals surface area contributed by atoms with Crippen molar-refractivity contribution in [1.29, 1.82) is 0 Å². The van der Waals surface area contributed by atoms with Crippen molar-refractivity contribution in [3.05, 3.63) is 0 Å². The number of phosphoric acid groups is 2. The molecule has 0 saturated heterocycles. The molecule has 0 saturated carbocycles. The van der Waals surface area contributed by atoms with Crippen molar-refractivity contribution in [3.63, 3.8) is 0 Å². The molecule has 96 heavy (non-hydrogen) atoms. The van der Waals surface area contributed by atoms with Gasteiger partial charge in [-0.25, -0.2) is 9.13 Å². The Balaban J connectivity index is 5.15. The molecule has 570 valence electrons. The Morgan fingerprint density at radius 1 is 0.302 bits per heavy atom. The molecule has 3 N–H and O–H groups in total. The number of carbonyl (C=O) groups excluding carboxylic acids is 4. The highest BCUT2D eigenvalue weighted by Crippen LogP contribution is 2.45. The van der Waals surface area contributed by atoms with E-state index in [9.17, 15) is 43.2 Å². The second-order valence-electron chi connectivity index (χ2n) is 28.5. The van der Waals surface area contributed by atoms with Crippen LogP contribution in [0, 0.1) is 11.8 Å². The first-order valence-electron chi connectivity index (χ1n) is 40.0. The predicted molar refractivity (Wildman–Crippen MR) is 391 cm³/mol. The maximum atomic E-state index is 13.1. The van der Waals surface area contributed by atoms with Crippen molar-refractivity contribution in [2.75, 3.05) is 39.6 Å². The van der Waals surface area contributed by atoms with Crippen LogP contribution in [0.3, 0.4) is 0 Å². The molecular weight excluding hydrogens is 1260 g/mol. The van der Waals surface area contributed by atoms with Crippen LogP contribution in [0.25, 0.3) is 0 Å². The number of aliphatic hydroxyl groups excluding tert-OH is 1. The quantitative estimate of drug-likeness (QED) is 0.0222. The fourth-order valence-electron chi connectivity index (χ4n) is 11.8. The summed E-state index contributed by atoms with van der Waals surface area (Å²) < 4.78 is 68.4. The molecule has 0 aromatic rings. The number of rotatable bonds is 76. The van der Waals surface area contributed by atoms with Gasteiger partial charge in [0.1, 0.15) is 19.3 Å². The fourth-order valence-corrected chi connectivity index (χ4v) is 13.4. The maximum absolute atomic E-state index is 13.1. The molecule has 0 aliphatic rings. The van der Waals surface area contributed by atoms with Gasteiger partial charge < -0.3 is 33.8 Å². The van der Waals surface area contributed by atoms with E-state index in [4.69, 9.17) is 37.0 Å². The van der Waals surface area contributed by atoms with Gasteiger partial charge in [0.15, 0.2) is 12.2 Å². The highest BCUT2D eigenvalue weighted by Gasteiger charge is 2.30. The average molecular weight is 1410 g/mol. The van der Waals surface area contributed by atoms with E-state index in [1.54, 1.807) is 0 Å². The van der Waals surface area contributed by atoms with E-state index in [0.29, 0.717) is 31.6 Å². The summed E-state index contributed by atoms with van der Waals surface area (Å²) in [6.07, 6.45) is 57.3. The fraction of sp³-hybridized carbons (Fsp3) is 0.948. The van der Waals surface area contributed by atoms with Crippen LogP contribution >= 0.6 is 15.6 Å². The molecule has 0 bridgehead atoms. The molecular formula is C77H150O17P2. The minimum Gasteiger partial charge on any atom is -0.462 e. The Hall–Kier alpha value is -1.94. The predicted octanol–water partition coefficient (Wildman–Crippen LogP) is 22.7. The van der Waals surface area contributed by atoms with Crippen LogP contribution in [0.4, 0.5) is 0 Å². The Kier molecular flexibility index (Phi) is 67.4. The molecule has 0 heterocycles. The zero-order chi connectivity index (χ0) is 70.7. The van der Waals surface area contributed by atoms with Crippen LogP contribution in [0.1, 0.15) is 401 Å². The second-order valence-corrected chi connectivity index (χ2v) is 31.4. The van der Waals surface area contributed by atoms with E-state index < -0.39 is 97.5 Å². The van der Waals surface area contributed by atoms with Crippen LogP contribution in [-0.2, 0) is 65.4 Å². The summed E-state index contributed by atoms with van der Waals surface area (Å²) in [4.78, 5) is 72.6. The van der Waals surface area contributed by atoms with E-state index in [1.807, 2.05) is 0 Å². The molecule has 0 amide bonds. The number of hydrogen-bond donors (Lipinski definition) is 3. The van der Waals surface area contributed by atoms with Crippen LogP contribution in [-0.4, -0.2) is 96.7 Å². The third-order valence-corrected chi connectivity index (χ3v) is 20.2. The first-order valence-corrected chi connectivity index (χ1v) is 43.0. The molecule has 6 atom stereocenters. The molecule has 0 aliphatic carbocycles. The lowest BCUT2D eigenvalue weighted by Crippen LogP contribution is -2.30. The van der Waals surface area contributed by atoms with Crippen molar-refractivity contribution < 1.29 is 80.2 Å².